The van der Waals surface area contributed by atoms with E-state index in [1.54, 1.807) is 13.8 Å². The Bertz CT molecular complexity index is 440. The SMILES string of the molecule is CCC(CC)(NC(=O)COCc1ccccc1)C(=O)O. The van der Waals surface area contributed by atoms with Crippen LogP contribution in [0.15, 0.2) is 30.3 Å². The van der Waals surface area contributed by atoms with Gasteiger partial charge in [0.25, 0.3) is 0 Å². The summed E-state index contributed by atoms with van der Waals surface area (Å²) in [7, 11) is 0. The van der Waals surface area contributed by atoms with E-state index < -0.39 is 17.4 Å². The summed E-state index contributed by atoms with van der Waals surface area (Å²) in [5, 5.41) is 11.8. The van der Waals surface area contributed by atoms with Crippen molar-refractivity contribution < 1.29 is 19.4 Å². The molecule has 1 amide bonds. The minimum absolute atomic E-state index is 0.149. The number of ether oxygens (including phenoxy) is 1. The summed E-state index contributed by atoms with van der Waals surface area (Å²) in [5.41, 5.74) is -0.233. The lowest BCUT2D eigenvalue weighted by molar-refractivity contribution is -0.149. The van der Waals surface area contributed by atoms with Gasteiger partial charge in [0.05, 0.1) is 6.61 Å². The summed E-state index contributed by atoms with van der Waals surface area (Å²) in [6.45, 7) is 3.65. The first-order valence-electron chi connectivity index (χ1n) is 6.70. The molecule has 0 unspecified atom stereocenters. The molecule has 0 atom stereocenters. The molecule has 0 aliphatic rings. The molecule has 0 radical (unpaired) electrons. The van der Waals surface area contributed by atoms with Crippen LogP contribution in [0.4, 0.5) is 0 Å². The lowest BCUT2D eigenvalue weighted by Crippen LogP contribution is -2.54. The zero-order chi connectivity index (χ0) is 15.0. The van der Waals surface area contributed by atoms with Crippen LogP contribution in [0.2, 0.25) is 0 Å². The third kappa shape index (κ3) is 4.35. The van der Waals surface area contributed by atoms with Gasteiger partial charge in [0.1, 0.15) is 12.1 Å². The maximum absolute atomic E-state index is 11.8. The van der Waals surface area contributed by atoms with Gasteiger partial charge in [-0.05, 0) is 18.4 Å². The minimum Gasteiger partial charge on any atom is -0.480 e. The van der Waals surface area contributed by atoms with Crippen molar-refractivity contribution in [3.05, 3.63) is 35.9 Å². The highest BCUT2D eigenvalue weighted by atomic mass is 16.5. The largest absolute Gasteiger partial charge is 0.480 e. The quantitative estimate of drug-likeness (QED) is 0.762. The van der Waals surface area contributed by atoms with Gasteiger partial charge in [0.2, 0.25) is 5.91 Å². The maximum atomic E-state index is 11.8. The molecule has 0 aliphatic heterocycles. The van der Waals surface area contributed by atoms with Gasteiger partial charge in [0.15, 0.2) is 0 Å². The molecule has 0 heterocycles. The van der Waals surface area contributed by atoms with E-state index in [9.17, 15) is 14.7 Å². The number of amides is 1. The summed E-state index contributed by atoms with van der Waals surface area (Å²) in [4.78, 5) is 23.0. The second-order valence-corrected chi connectivity index (χ2v) is 4.62. The Hall–Kier alpha value is -1.88. The van der Waals surface area contributed by atoms with Gasteiger partial charge in [0, 0.05) is 0 Å². The van der Waals surface area contributed by atoms with Crippen LogP contribution in [0.25, 0.3) is 0 Å². The maximum Gasteiger partial charge on any atom is 0.329 e. The number of aliphatic carboxylic acids is 1. The second kappa shape index (κ2) is 7.65. The van der Waals surface area contributed by atoms with E-state index >= 15 is 0 Å². The van der Waals surface area contributed by atoms with Crippen LogP contribution in [0.3, 0.4) is 0 Å². The van der Waals surface area contributed by atoms with E-state index in [4.69, 9.17) is 4.74 Å². The second-order valence-electron chi connectivity index (χ2n) is 4.62. The van der Waals surface area contributed by atoms with Crippen LogP contribution < -0.4 is 5.32 Å². The number of benzene rings is 1. The molecule has 110 valence electrons. The smallest absolute Gasteiger partial charge is 0.329 e. The molecule has 0 bridgehead atoms. The van der Waals surface area contributed by atoms with Crippen molar-refractivity contribution in [1.82, 2.24) is 5.32 Å². The molecule has 0 saturated carbocycles. The average molecular weight is 279 g/mol. The van der Waals surface area contributed by atoms with Gasteiger partial charge in [-0.3, -0.25) is 4.79 Å². The highest BCUT2D eigenvalue weighted by Crippen LogP contribution is 2.15. The Morgan fingerprint density at radius 2 is 1.80 bits per heavy atom. The summed E-state index contributed by atoms with van der Waals surface area (Å²) in [5.74, 6) is -1.43. The number of carbonyl (C=O) groups excluding carboxylic acids is 1. The monoisotopic (exact) mass is 279 g/mol. The predicted octanol–water partition coefficient (Wildman–Crippen LogP) is 1.96. The number of hydrogen-bond acceptors (Lipinski definition) is 3. The topological polar surface area (TPSA) is 75.6 Å². The van der Waals surface area contributed by atoms with Gasteiger partial charge < -0.3 is 15.2 Å². The van der Waals surface area contributed by atoms with Gasteiger partial charge in [-0.25, -0.2) is 4.79 Å². The van der Waals surface area contributed by atoms with Crippen LogP contribution in [0.1, 0.15) is 32.3 Å². The molecule has 5 heteroatoms. The predicted molar refractivity (Wildman–Crippen MR) is 75.2 cm³/mol. The van der Waals surface area contributed by atoms with Crippen molar-refractivity contribution in [2.24, 2.45) is 0 Å². The highest BCUT2D eigenvalue weighted by Gasteiger charge is 2.36. The van der Waals surface area contributed by atoms with Gasteiger partial charge >= 0.3 is 5.97 Å². The Morgan fingerprint density at radius 1 is 1.20 bits per heavy atom. The zero-order valence-electron chi connectivity index (χ0n) is 11.9. The van der Waals surface area contributed by atoms with Crippen LogP contribution in [-0.4, -0.2) is 29.1 Å². The molecule has 1 rings (SSSR count). The molecule has 0 fully saturated rings. The van der Waals surface area contributed by atoms with E-state index in [1.807, 2.05) is 30.3 Å². The number of carbonyl (C=O) groups is 2. The van der Waals surface area contributed by atoms with Crippen molar-refractivity contribution in [1.29, 1.82) is 0 Å². The van der Waals surface area contributed by atoms with Crippen molar-refractivity contribution in [3.8, 4) is 0 Å². The molecule has 1 aromatic rings. The van der Waals surface area contributed by atoms with Gasteiger partial charge in [-0.2, -0.15) is 0 Å². The fraction of sp³-hybridized carbons (Fsp3) is 0.467. The van der Waals surface area contributed by atoms with Crippen molar-refractivity contribution in [2.45, 2.75) is 38.8 Å². The molecule has 5 nitrogen and oxygen atoms in total. The van der Waals surface area contributed by atoms with Crippen molar-refractivity contribution in [3.63, 3.8) is 0 Å². The summed E-state index contributed by atoms with van der Waals surface area (Å²) in [6, 6.07) is 9.49. The Labute approximate surface area is 118 Å². The molecule has 2 N–H and O–H groups in total. The fourth-order valence-corrected chi connectivity index (χ4v) is 1.92. The number of hydrogen-bond donors (Lipinski definition) is 2. The van der Waals surface area contributed by atoms with E-state index in [0.29, 0.717) is 19.4 Å². The van der Waals surface area contributed by atoms with Gasteiger partial charge in [-0.15, -0.1) is 0 Å². The van der Waals surface area contributed by atoms with E-state index in [1.165, 1.54) is 0 Å². The molecule has 0 spiro atoms. The third-order valence-electron chi connectivity index (χ3n) is 3.34. The number of carboxylic acid groups (broad SMARTS) is 1. The molecule has 20 heavy (non-hydrogen) atoms. The average Bonchev–Trinajstić information content (AvgIpc) is 2.45. The lowest BCUT2D eigenvalue weighted by Gasteiger charge is -2.27. The molecule has 0 saturated heterocycles. The Morgan fingerprint density at radius 3 is 2.30 bits per heavy atom. The van der Waals surface area contributed by atoms with Crippen LogP contribution in [0, 0.1) is 0 Å². The molecule has 1 aromatic carbocycles. The Balaban J connectivity index is 2.45. The standard InChI is InChI=1S/C15H21NO4/c1-3-15(4-2,14(18)19)16-13(17)11-20-10-12-8-6-5-7-9-12/h5-9H,3-4,10-11H2,1-2H3,(H,16,17)(H,18,19). The summed E-state index contributed by atoms with van der Waals surface area (Å²) >= 11 is 0. The first-order chi connectivity index (χ1) is 9.54. The third-order valence-corrected chi connectivity index (χ3v) is 3.34. The van der Waals surface area contributed by atoms with Crippen molar-refractivity contribution >= 4 is 11.9 Å². The molecule has 0 aliphatic carbocycles. The molecular weight excluding hydrogens is 258 g/mol. The van der Waals surface area contributed by atoms with Gasteiger partial charge in [-0.1, -0.05) is 44.2 Å². The lowest BCUT2D eigenvalue weighted by atomic mass is 9.93. The summed E-state index contributed by atoms with van der Waals surface area (Å²) in [6.07, 6.45) is 0.673. The van der Waals surface area contributed by atoms with E-state index in [-0.39, 0.29) is 6.61 Å². The number of nitrogens with one attached hydrogen (secondary N) is 1. The Kier molecular flexibility index (Phi) is 6.18. The number of rotatable bonds is 8. The fourth-order valence-electron chi connectivity index (χ4n) is 1.92. The number of carboxylic acids is 1. The van der Waals surface area contributed by atoms with E-state index in [0.717, 1.165) is 5.56 Å². The molecule has 0 aromatic heterocycles. The zero-order valence-corrected chi connectivity index (χ0v) is 11.9. The molecular formula is C15H21NO4. The van der Waals surface area contributed by atoms with Crippen molar-refractivity contribution in [2.75, 3.05) is 6.61 Å². The highest BCUT2D eigenvalue weighted by molar-refractivity contribution is 5.87. The first kappa shape index (κ1) is 16.2. The normalized spacial score (nSPS) is 11.1. The van der Waals surface area contributed by atoms with Crippen LogP contribution in [-0.2, 0) is 20.9 Å². The first-order valence-corrected chi connectivity index (χ1v) is 6.70. The van der Waals surface area contributed by atoms with Crippen LogP contribution in [0.5, 0.6) is 0 Å². The summed E-state index contributed by atoms with van der Waals surface area (Å²) < 4.78 is 5.29. The van der Waals surface area contributed by atoms with Crippen LogP contribution >= 0.6 is 0 Å². The minimum atomic E-state index is -1.20. The van der Waals surface area contributed by atoms with E-state index in [2.05, 4.69) is 5.32 Å².